The number of likely N-dealkylation sites (tertiary alicyclic amines) is 1. The molecule has 2 saturated heterocycles. The summed E-state index contributed by atoms with van der Waals surface area (Å²) in [5.41, 5.74) is 16.5. The lowest BCUT2D eigenvalue weighted by Gasteiger charge is -2.18. The van der Waals surface area contributed by atoms with Crippen LogP contribution in [0.5, 0.6) is 5.75 Å². The summed E-state index contributed by atoms with van der Waals surface area (Å²) in [6.07, 6.45) is 5.84. The molecule has 1 unspecified atom stereocenters. The smallest absolute Gasteiger partial charge is 0.278 e. The lowest BCUT2D eigenvalue weighted by Crippen LogP contribution is -2.29. The van der Waals surface area contributed by atoms with Crippen molar-refractivity contribution in [3.8, 4) is 5.75 Å². The third-order valence-corrected chi connectivity index (χ3v) is 11.3. The first-order chi connectivity index (χ1) is 29.5. The Morgan fingerprint density at radius 1 is 0.902 bits per heavy atom. The van der Waals surface area contributed by atoms with E-state index in [0.717, 1.165) is 26.2 Å². The number of aryl methyl sites for hydroxylation is 4. The van der Waals surface area contributed by atoms with Gasteiger partial charge in [0, 0.05) is 63.1 Å². The van der Waals surface area contributed by atoms with Gasteiger partial charge in [0.1, 0.15) is 34.8 Å². The zero-order valence-corrected chi connectivity index (χ0v) is 34.5. The van der Waals surface area contributed by atoms with Gasteiger partial charge in [0.05, 0.1) is 22.6 Å². The van der Waals surface area contributed by atoms with Gasteiger partial charge in [-0.25, -0.2) is 15.0 Å². The second-order valence-corrected chi connectivity index (χ2v) is 15.3. The number of nitrogen functional groups attached to an aromatic ring is 1. The van der Waals surface area contributed by atoms with E-state index in [0.29, 0.717) is 95.0 Å². The Morgan fingerprint density at radius 2 is 1.59 bits per heavy atom. The number of pyridine rings is 1. The molecular formula is C41H49N15O5. The van der Waals surface area contributed by atoms with Crippen LogP contribution < -0.4 is 32.2 Å². The molecule has 6 aromatic rings. The molecule has 3 amide bonds. The molecule has 0 spiro atoms. The highest BCUT2D eigenvalue weighted by Gasteiger charge is 2.36. The second-order valence-electron chi connectivity index (χ2n) is 15.3. The van der Waals surface area contributed by atoms with Crippen LogP contribution in [0.15, 0.2) is 42.6 Å². The van der Waals surface area contributed by atoms with Crippen LogP contribution in [0.25, 0.3) is 22.2 Å². The van der Waals surface area contributed by atoms with Crippen LogP contribution in [0.3, 0.4) is 0 Å². The summed E-state index contributed by atoms with van der Waals surface area (Å²) < 4.78 is 13.1. The number of nitrogens with two attached hydrogens (primary N) is 2. The van der Waals surface area contributed by atoms with Crippen LogP contribution >= 0.6 is 0 Å². The number of aromatic nitrogens is 9. The van der Waals surface area contributed by atoms with E-state index >= 15 is 0 Å². The quantitative estimate of drug-likeness (QED) is 0.0696. The van der Waals surface area contributed by atoms with Gasteiger partial charge in [0.25, 0.3) is 11.8 Å². The van der Waals surface area contributed by atoms with E-state index in [2.05, 4.69) is 41.0 Å². The zero-order valence-electron chi connectivity index (χ0n) is 34.5. The monoisotopic (exact) mass is 831 g/mol. The normalized spacial score (nSPS) is 16.5. The number of nitrogens with one attached hydrogen (secondary N) is 3. The first kappa shape index (κ1) is 40.8. The van der Waals surface area contributed by atoms with Gasteiger partial charge >= 0.3 is 0 Å². The van der Waals surface area contributed by atoms with Crippen LogP contribution in [0.2, 0.25) is 0 Å². The minimum Gasteiger partial charge on any atom is -0.490 e. The number of primary amides is 1. The van der Waals surface area contributed by atoms with E-state index in [4.69, 9.17) is 21.2 Å². The van der Waals surface area contributed by atoms with Crippen molar-refractivity contribution >= 4 is 63.8 Å². The van der Waals surface area contributed by atoms with Crippen LogP contribution in [0.1, 0.15) is 66.9 Å². The minimum atomic E-state index is -0.652. The van der Waals surface area contributed by atoms with Crippen molar-refractivity contribution in [3.05, 3.63) is 76.5 Å². The number of ether oxygens (including phenoxy) is 1. The molecule has 1 aromatic carbocycles. The number of benzene rings is 1. The standard InChI is InChI=1S/C41H49N15O5/c1-5-55-31(13-23(3)50-55)38(59)48-41-47-30-14-25(22-57)17-45-37(30)54(41)10-8-7-9-53-34-29(46-40(53)49-39(60)35-33(42)24(4)51-56(35)6-2)15-26(36(43)58)16-32(34)61-12-11-52-20-27-18-44-19-28(27)21-52/h7-8,13-17,22,27-28,44H,5-6,9-12,18-21,42H2,1-4H3,(H2,43,58)(H,46,49,60)(H,47,48,59)/b8-7+/t27-,28?/m0/s1. The zero-order chi connectivity index (χ0) is 42.9. The van der Waals surface area contributed by atoms with Crippen molar-refractivity contribution < 1.29 is 23.9 Å². The fraction of sp³-hybridized carbons (Fsp3) is 0.390. The van der Waals surface area contributed by atoms with Crippen molar-refractivity contribution in [2.24, 2.45) is 17.6 Å². The Hall–Kier alpha value is -6.93. The molecule has 20 nitrogen and oxygen atoms in total. The molecule has 2 fully saturated rings. The molecule has 0 bridgehead atoms. The summed E-state index contributed by atoms with van der Waals surface area (Å²) in [5, 5.41) is 18.1. The first-order valence-electron chi connectivity index (χ1n) is 20.3. The summed E-state index contributed by atoms with van der Waals surface area (Å²) in [5.74, 6) is 0.441. The summed E-state index contributed by atoms with van der Waals surface area (Å²) in [7, 11) is 0. The van der Waals surface area contributed by atoms with Crippen molar-refractivity contribution in [2.45, 2.75) is 53.9 Å². The number of nitrogens with zero attached hydrogens (tertiary/aromatic N) is 10. The number of allylic oxidation sites excluding steroid dienone is 2. The summed E-state index contributed by atoms with van der Waals surface area (Å²) in [4.78, 5) is 67.9. The molecule has 7 N–H and O–H groups in total. The van der Waals surface area contributed by atoms with Gasteiger partial charge in [-0.2, -0.15) is 10.2 Å². The maximum Gasteiger partial charge on any atom is 0.278 e. The predicted molar refractivity (Wildman–Crippen MR) is 228 cm³/mol. The van der Waals surface area contributed by atoms with E-state index in [9.17, 15) is 19.2 Å². The molecule has 2 atom stereocenters. The van der Waals surface area contributed by atoms with E-state index in [1.54, 1.807) is 45.0 Å². The predicted octanol–water partition coefficient (Wildman–Crippen LogP) is 2.62. The lowest BCUT2D eigenvalue weighted by atomic mass is 10.0. The van der Waals surface area contributed by atoms with Gasteiger partial charge < -0.3 is 26.1 Å². The van der Waals surface area contributed by atoms with Crippen molar-refractivity contribution in [2.75, 3.05) is 55.7 Å². The largest absolute Gasteiger partial charge is 0.490 e. The average molecular weight is 832 g/mol. The molecule has 61 heavy (non-hydrogen) atoms. The van der Waals surface area contributed by atoms with Crippen LogP contribution in [0.4, 0.5) is 17.6 Å². The van der Waals surface area contributed by atoms with Crippen LogP contribution in [-0.2, 0) is 26.2 Å². The number of imidazole rings is 2. The number of fused-ring (bicyclic) bond motifs is 3. The van der Waals surface area contributed by atoms with Crippen LogP contribution in [0, 0.1) is 25.7 Å². The van der Waals surface area contributed by atoms with E-state index < -0.39 is 17.7 Å². The number of hydrogen-bond acceptors (Lipinski definition) is 13. The third kappa shape index (κ3) is 8.06. The summed E-state index contributed by atoms with van der Waals surface area (Å²) in [6.45, 7) is 13.6. The number of rotatable bonds is 16. The molecule has 0 saturated carbocycles. The third-order valence-electron chi connectivity index (χ3n) is 11.3. The highest BCUT2D eigenvalue weighted by atomic mass is 16.5. The maximum atomic E-state index is 13.9. The molecule has 2 aliphatic rings. The van der Waals surface area contributed by atoms with Gasteiger partial charge in [-0.15, -0.1) is 0 Å². The molecule has 7 heterocycles. The summed E-state index contributed by atoms with van der Waals surface area (Å²) in [6, 6.07) is 6.48. The van der Waals surface area contributed by atoms with E-state index in [1.807, 2.05) is 32.9 Å². The number of aldehydes is 1. The van der Waals surface area contributed by atoms with Gasteiger partial charge in [-0.1, -0.05) is 12.2 Å². The Kier molecular flexibility index (Phi) is 11.4. The van der Waals surface area contributed by atoms with E-state index in [-0.39, 0.29) is 41.9 Å². The fourth-order valence-corrected chi connectivity index (χ4v) is 8.25. The van der Waals surface area contributed by atoms with Gasteiger partial charge in [0.15, 0.2) is 11.9 Å². The second kappa shape index (κ2) is 17.0. The number of amides is 3. The van der Waals surface area contributed by atoms with Gasteiger partial charge in [-0.3, -0.25) is 48.6 Å². The molecule has 318 valence electrons. The molecular weight excluding hydrogens is 783 g/mol. The van der Waals surface area contributed by atoms with Gasteiger partial charge in [0.2, 0.25) is 17.8 Å². The molecule has 0 aliphatic carbocycles. The van der Waals surface area contributed by atoms with Crippen molar-refractivity contribution in [1.29, 1.82) is 0 Å². The molecule has 20 heteroatoms. The molecule has 0 radical (unpaired) electrons. The highest BCUT2D eigenvalue weighted by molar-refractivity contribution is 6.07. The fourth-order valence-electron chi connectivity index (χ4n) is 8.25. The topological polar surface area (TPSA) is 253 Å². The SMILES string of the molecule is CCn1nc(C)cc1C(=O)Nc1nc2cc(C=O)cnc2n1C/C=C/Cn1c(NC(=O)c2c(N)c(C)nn2CC)nc2cc(C(N)=O)cc(OCCN3CC4CNC[C@H]4C3)c21. The molecule has 5 aromatic heterocycles. The maximum absolute atomic E-state index is 13.9. The Balaban J connectivity index is 1.13. The number of hydrogen-bond donors (Lipinski definition) is 5. The minimum absolute atomic E-state index is 0.170. The van der Waals surface area contributed by atoms with Crippen LogP contribution in [-0.4, -0.2) is 112 Å². The van der Waals surface area contributed by atoms with Crippen molar-refractivity contribution in [3.63, 3.8) is 0 Å². The lowest BCUT2D eigenvalue weighted by molar-refractivity contribution is 0.0994. The van der Waals surface area contributed by atoms with Gasteiger partial charge in [-0.05, 0) is 76.9 Å². The molecule has 8 rings (SSSR count). The number of anilines is 3. The number of carbonyl (C=O) groups excluding carboxylic acids is 4. The Labute approximate surface area is 350 Å². The average Bonchev–Trinajstić information content (AvgIpc) is 4.09. The highest BCUT2D eigenvalue weighted by Crippen LogP contribution is 2.32. The number of carbonyl (C=O) groups is 4. The van der Waals surface area contributed by atoms with Crippen molar-refractivity contribution in [1.82, 2.24) is 53.9 Å². The Morgan fingerprint density at radius 3 is 2.30 bits per heavy atom. The first-order valence-corrected chi connectivity index (χ1v) is 20.3. The summed E-state index contributed by atoms with van der Waals surface area (Å²) >= 11 is 0. The van der Waals surface area contributed by atoms with E-state index in [1.165, 1.54) is 10.9 Å². The molecule has 2 aliphatic heterocycles. The Bertz CT molecular complexity index is 2690.